The van der Waals surface area contributed by atoms with Crippen molar-refractivity contribution < 1.29 is 13.9 Å². The Bertz CT molecular complexity index is 1150. The van der Waals surface area contributed by atoms with Crippen molar-refractivity contribution in [1.29, 1.82) is 0 Å². The third-order valence-corrected chi connectivity index (χ3v) is 6.06. The van der Waals surface area contributed by atoms with E-state index in [1.54, 1.807) is 24.3 Å². The Labute approximate surface area is 185 Å². The fraction of sp³-hybridized carbons (Fsp3) is 0.292. The number of ether oxygens (including phenoxy) is 1. The average molecular weight is 444 g/mol. The van der Waals surface area contributed by atoms with Gasteiger partial charge in [-0.25, -0.2) is 0 Å². The number of rotatable bonds is 5. The van der Waals surface area contributed by atoms with Crippen molar-refractivity contribution >= 4 is 51.3 Å². The first-order valence-corrected chi connectivity index (χ1v) is 10.9. The van der Waals surface area contributed by atoms with Crippen LogP contribution in [-0.4, -0.2) is 12.5 Å². The lowest BCUT2D eigenvalue weighted by molar-refractivity contribution is -0.111. The number of halogens is 2. The van der Waals surface area contributed by atoms with Gasteiger partial charge in [0.2, 0.25) is 5.91 Å². The predicted molar refractivity (Wildman–Crippen MR) is 123 cm³/mol. The molecule has 3 aromatic rings. The molecule has 1 amide bonds. The van der Waals surface area contributed by atoms with E-state index in [1.807, 2.05) is 19.9 Å². The summed E-state index contributed by atoms with van der Waals surface area (Å²) < 4.78 is 12.0. The zero-order chi connectivity index (χ0) is 21.3. The van der Waals surface area contributed by atoms with Crippen LogP contribution in [0.4, 0.5) is 5.69 Å². The molecular weight excluding hydrogens is 421 g/mol. The number of carbonyl (C=O) groups is 1. The van der Waals surface area contributed by atoms with Gasteiger partial charge in [-0.1, -0.05) is 23.2 Å². The first kappa shape index (κ1) is 20.8. The third-order valence-electron chi connectivity index (χ3n) is 5.32. The monoisotopic (exact) mass is 443 g/mol. The fourth-order valence-corrected chi connectivity index (χ4v) is 4.20. The maximum absolute atomic E-state index is 12.6. The predicted octanol–water partition coefficient (Wildman–Crippen LogP) is 7.06. The average Bonchev–Trinajstić information content (AvgIpc) is 3.07. The quantitative estimate of drug-likeness (QED) is 0.429. The lowest BCUT2D eigenvalue weighted by Crippen LogP contribution is -2.08. The third kappa shape index (κ3) is 4.21. The molecule has 1 aliphatic carbocycles. The van der Waals surface area contributed by atoms with Gasteiger partial charge < -0.3 is 14.5 Å². The highest BCUT2D eigenvalue weighted by Gasteiger charge is 2.20. The molecule has 0 saturated heterocycles. The minimum atomic E-state index is -0.248. The second-order valence-corrected chi connectivity index (χ2v) is 8.25. The largest absolute Gasteiger partial charge is 0.493 e. The Balaban J connectivity index is 1.67. The number of fused-ring (bicyclic) bond motifs is 3. The fourth-order valence-electron chi connectivity index (χ4n) is 3.90. The van der Waals surface area contributed by atoms with E-state index in [1.165, 1.54) is 12.0 Å². The van der Waals surface area contributed by atoms with Crippen LogP contribution < -0.4 is 10.1 Å². The molecule has 0 saturated carbocycles. The molecule has 0 radical (unpaired) electrons. The lowest BCUT2D eigenvalue weighted by Gasteiger charge is -2.12. The Hall–Kier alpha value is -2.43. The smallest absolute Gasteiger partial charge is 0.248 e. The van der Waals surface area contributed by atoms with Crippen molar-refractivity contribution in [3.05, 3.63) is 63.3 Å². The zero-order valence-corrected chi connectivity index (χ0v) is 18.5. The summed E-state index contributed by atoms with van der Waals surface area (Å²) in [4.78, 5) is 12.6. The first-order chi connectivity index (χ1) is 14.5. The number of carbonyl (C=O) groups excluding carboxylic acids is 1. The molecule has 2 aromatic carbocycles. The molecule has 0 fully saturated rings. The number of furan rings is 1. The number of aryl methyl sites for hydroxylation is 2. The molecular formula is C24H23Cl2NO3. The molecule has 0 spiro atoms. The van der Waals surface area contributed by atoms with Gasteiger partial charge in [0.1, 0.15) is 17.1 Å². The van der Waals surface area contributed by atoms with E-state index in [2.05, 4.69) is 11.4 Å². The molecule has 1 N–H and O–H groups in total. The van der Waals surface area contributed by atoms with E-state index in [4.69, 9.17) is 32.4 Å². The van der Waals surface area contributed by atoms with Gasteiger partial charge >= 0.3 is 0 Å². The number of amides is 1. The number of benzene rings is 2. The van der Waals surface area contributed by atoms with Crippen LogP contribution in [0.1, 0.15) is 43.6 Å². The highest BCUT2D eigenvalue weighted by atomic mass is 35.5. The van der Waals surface area contributed by atoms with Crippen molar-refractivity contribution in [2.75, 3.05) is 11.9 Å². The maximum Gasteiger partial charge on any atom is 0.248 e. The second kappa shape index (κ2) is 8.75. The highest BCUT2D eigenvalue weighted by molar-refractivity contribution is 6.42. The number of nitrogens with one attached hydrogen (secondary N) is 1. The van der Waals surface area contributed by atoms with Gasteiger partial charge in [-0.15, -0.1) is 0 Å². The van der Waals surface area contributed by atoms with Crippen molar-refractivity contribution in [2.45, 2.75) is 39.5 Å². The van der Waals surface area contributed by atoms with E-state index in [0.717, 1.165) is 47.1 Å². The topological polar surface area (TPSA) is 51.5 Å². The van der Waals surface area contributed by atoms with Crippen LogP contribution in [0.5, 0.6) is 5.75 Å². The summed E-state index contributed by atoms with van der Waals surface area (Å²) in [7, 11) is 0. The minimum absolute atomic E-state index is 0.248. The van der Waals surface area contributed by atoms with Gasteiger partial charge in [0.25, 0.3) is 0 Å². The van der Waals surface area contributed by atoms with Crippen molar-refractivity contribution in [2.24, 2.45) is 0 Å². The molecule has 0 atom stereocenters. The molecule has 1 aromatic heterocycles. The van der Waals surface area contributed by atoms with Gasteiger partial charge in [-0.05, 0) is 62.9 Å². The summed E-state index contributed by atoms with van der Waals surface area (Å²) in [5.41, 5.74) is 4.42. The maximum atomic E-state index is 12.6. The van der Waals surface area contributed by atoms with Crippen molar-refractivity contribution in [1.82, 2.24) is 0 Å². The van der Waals surface area contributed by atoms with Crippen LogP contribution in [0.3, 0.4) is 0 Å². The molecule has 0 unspecified atom stereocenters. The molecule has 0 aliphatic heterocycles. The Kier molecular flexibility index (Phi) is 6.07. The van der Waals surface area contributed by atoms with E-state index in [-0.39, 0.29) is 5.91 Å². The Morgan fingerprint density at radius 2 is 1.97 bits per heavy atom. The van der Waals surface area contributed by atoms with Crippen LogP contribution in [0.25, 0.3) is 16.5 Å². The van der Waals surface area contributed by atoms with Gasteiger partial charge in [-0.3, -0.25) is 4.79 Å². The summed E-state index contributed by atoms with van der Waals surface area (Å²) in [5.74, 6) is 1.55. The van der Waals surface area contributed by atoms with Crippen LogP contribution >= 0.6 is 23.2 Å². The Morgan fingerprint density at radius 1 is 1.17 bits per heavy atom. The highest BCUT2D eigenvalue weighted by Crippen LogP contribution is 2.38. The van der Waals surface area contributed by atoms with Crippen LogP contribution in [-0.2, 0) is 17.6 Å². The van der Waals surface area contributed by atoms with Crippen LogP contribution in [0.15, 0.2) is 40.8 Å². The lowest BCUT2D eigenvalue weighted by atomic mass is 9.94. The van der Waals surface area contributed by atoms with Gasteiger partial charge in [0.15, 0.2) is 0 Å². The molecule has 156 valence electrons. The minimum Gasteiger partial charge on any atom is -0.493 e. The zero-order valence-electron chi connectivity index (χ0n) is 17.0. The summed E-state index contributed by atoms with van der Waals surface area (Å²) in [6, 6.07) is 9.03. The van der Waals surface area contributed by atoms with E-state index in [0.29, 0.717) is 28.1 Å². The van der Waals surface area contributed by atoms with Gasteiger partial charge in [0.05, 0.1) is 16.7 Å². The Morgan fingerprint density at radius 3 is 2.73 bits per heavy atom. The first-order valence-electron chi connectivity index (χ1n) is 10.1. The molecule has 6 heteroatoms. The summed E-state index contributed by atoms with van der Waals surface area (Å²) in [6.45, 7) is 4.38. The van der Waals surface area contributed by atoms with E-state index < -0.39 is 0 Å². The van der Waals surface area contributed by atoms with E-state index in [9.17, 15) is 4.79 Å². The second-order valence-electron chi connectivity index (χ2n) is 7.43. The number of anilines is 1. The number of allylic oxidation sites excluding steroid dienone is 1. The molecule has 4 rings (SSSR count). The van der Waals surface area contributed by atoms with Gasteiger partial charge in [0, 0.05) is 40.8 Å². The van der Waals surface area contributed by atoms with Crippen molar-refractivity contribution in [3.8, 4) is 5.75 Å². The van der Waals surface area contributed by atoms with E-state index >= 15 is 0 Å². The van der Waals surface area contributed by atoms with Gasteiger partial charge in [-0.2, -0.15) is 0 Å². The normalized spacial score (nSPS) is 13.9. The molecule has 4 nitrogen and oxygen atoms in total. The summed E-state index contributed by atoms with van der Waals surface area (Å²) in [5, 5.41) is 4.77. The van der Waals surface area contributed by atoms with Crippen LogP contribution in [0.2, 0.25) is 10.0 Å². The molecule has 30 heavy (non-hydrogen) atoms. The molecule has 0 bridgehead atoms. The van der Waals surface area contributed by atoms with Crippen LogP contribution in [0, 0.1) is 0 Å². The molecule has 1 aliphatic rings. The SMILES string of the molecule is CCOc1cc2oc3c(c2cc1/C(C)=C/C(=O)Nc1ccc(Cl)c(Cl)c1)CCCC3. The standard InChI is InChI=1S/C24H23Cl2NO3/c1-3-29-22-13-23-18(16-6-4-5-7-21(16)30-23)12-17(22)14(2)10-24(28)27-15-8-9-19(25)20(26)11-15/h8-13H,3-7H2,1-2H3,(H,27,28)/b14-10+. The summed E-state index contributed by atoms with van der Waals surface area (Å²) in [6.07, 6.45) is 5.90. The molecule has 1 heterocycles. The number of hydrogen-bond donors (Lipinski definition) is 1. The van der Waals surface area contributed by atoms with Crippen molar-refractivity contribution in [3.63, 3.8) is 0 Å². The number of hydrogen-bond acceptors (Lipinski definition) is 3. The summed E-state index contributed by atoms with van der Waals surface area (Å²) >= 11 is 12.0.